The third-order valence-electron chi connectivity index (χ3n) is 4.03. The molecule has 4 aromatic rings. The van der Waals surface area contributed by atoms with Crippen LogP contribution in [0.4, 0.5) is 0 Å². The molecule has 0 amide bonds. The van der Waals surface area contributed by atoms with Gasteiger partial charge in [-0.2, -0.15) is 0 Å². The van der Waals surface area contributed by atoms with E-state index >= 15 is 0 Å². The monoisotopic (exact) mass is 381 g/mol. The minimum Gasteiger partial charge on any atom is -0.487 e. The van der Waals surface area contributed by atoms with Crippen molar-refractivity contribution in [3.63, 3.8) is 0 Å². The lowest BCUT2D eigenvalue weighted by Gasteiger charge is -2.06. The van der Waals surface area contributed by atoms with Crippen molar-refractivity contribution < 1.29 is 4.74 Å². The van der Waals surface area contributed by atoms with Gasteiger partial charge in [0, 0.05) is 24.3 Å². The summed E-state index contributed by atoms with van der Waals surface area (Å²) in [7, 11) is 0. The number of ether oxygens (including phenoxy) is 1. The van der Waals surface area contributed by atoms with Gasteiger partial charge >= 0.3 is 0 Å². The summed E-state index contributed by atoms with van der Waals surface area (Å²) >= 11 is 3.38. The molecule has 0 bridgehead atoms. The van der Waals surface area contributed by atoms with Crippen molar-refractivity contribution in [3.8, 4) is 15.6 Å². The molecule has 0 spiro atoms. The molecule has 0 radical (unpaired) electrons. The van der Waals surface area contributed by atoms with Crippen LogP contribution in [0.2, 0.25) is 0 Å². The van der Waals surface area contributed by atoms with Crippen molar-refractivity contribution in [2.24, 2.45) is 0 Å². The molecule has 0 aliphatic carbocycles. The van der Waals surface area contributed by atoms with Gasteiger partial charge in [0.05, 0.1) is 16.9 Å². The van der Waals surface area contributed by atoms with Crippen LogP contribution in [0.25, 0.3) is 9.88 Å². The highest BCUT2D eigenvalue weighted by molar-refractivity contribution is 7.20. The molecule has 4 rings (SSSR count). The van der Waals surface area contributed by atoms with Gasteiger partial charge in [0.1, 0.15) is 17.4 Å². The van der Waals surface area contributed by atoms with E-state index in [1.165, 1.54) is 10.4 Å². The summed E-state index contributed by atoms with van der Waals surface area (Å²) in [6, 6.07) is 12.5. The fourth-order valence-corrected chi connectivity index (χ4v) is 4.30. The average Bonchev–Trinajstić information content (AvgIpc) is 3.42. The zero-order valence-corrected chi connectivity index (χ0v) is 15.9. The molecule has 6 heteroatoms. The van der Waals surface area contributed by atoms with Gasteiger partial charge in [0.25, 0.3) is 0 Å². The maximum Gasteiger partial charge on any atom is 0.133 e. The summed E-state index contributed by atoms with van der Waals surface area (Å²) in [4.78, 5) is 9.92. The predicted octanol–water partition coefficient (Wildman–Crippen LogP) is 5.28. The second-order valence-electron chi connectivity index (χ2n) is 5.96. The van der Waals surface area contributed by atoms with E-state index in [2.05, 4.69) is 49.6 Å². The first-order valence-electron chi connectivity index (χ1n) is 8.52. The first-order valence-corrected chi connectivity index (χ1v) is 10.3. The molecule has 0 saturated heterocycles. The lowest BCUT2D eigenvalue weighted by Crippen LogP contribution is -1.98. The van der Waals surface area contributed by atoms with Gasteiger partial charge in [0.2, 0.25) is 0 Å². The van der Waals surface area contributed by atoms with Crippen LogP contribution in [-0.4, -0.2) is 14.5 Å². The Hall–Kier alpha value is -2.44. The highest BCUT2D eigenvalue weighted by atomic mass is 32.1. The highest BCUT2D eigenvalue weighted by Gasteiger charge is 2.06. The van der Waals surface area contributed by atoms with Crippen molar-refractivity contribution in [2.45, 2.75) is 26.0 Å². The molecule has 0 fully saturated rings. The van der Waals surface area contributed by atoms with Gasteiger partial charge in [-0.1, -0.05) is 18.2 Å². The number of aromatic nitrogens is 3. The van der Waals surface area contributed by atoms with Crippen LogP contribution in [0.1, 0.15) is 17.7 Å². The fraction of sp³-hybridized carbons (Fsp3) is 0.200. The average molecular weight is 382 g/mol. The molecular weight excluding hydrogens is 362 g/mol. The summed E-state index contributed by atoms with van der Waals surface area (Å²) in [5.41, 5.74) is 2.30. The maximum atomic E-state index is 5.88. The van der Waals surface area contributed by atoms with Crippen LogP contribution in [0.5, 0.6) is 5.75 Å². The zero-order chi connectivity index (χ0) is 17.6. The Labute approximate surface area is 160 Å². The fourth-order valence-electron chi connectivity index (χ4n) is 2.68. The Bertz CT molecular complexity index is 913. The molecule has 0 unspecified atom stereocenters. The number of hydrogen-bond donors (Lipinski definition) is 0. The second-order valence-corrected chi connectivity index (χ2v) is 7.76. The number of thiazole rings is 1. The maximum absolute atomic E-state index is 5.88. The molecule has 0 aliphatic rings. The summed E-state index contributed by atoms with van der Waals surface area (Å²) in [5, 5.41) is 5.20. The highest BCUT2D eigenvalue weighted by Crippen LogP contribution is 2.28. The van der Waals surface area contributed by atoms with E-state index in [0.29, 0.717) is 6.61 Å². The smallest absolute Gasteiger partial charge is 0.133 e. The van der Waals surface area contributed by atoms with Gasteiger partial charge in [0.15, 0.2) is 0 Å². The summed E-state index contributed by atoms with van der Waals surface area (Å²) in [6.45, 7) is 1.50. The number of hydrogen-bond acceptors (Lipinski definition) is 5. The third kappa shape index (κ3) is 4.39. The van der Waals surface area contributed by atoms with Crippen molar-refractivity contribution in [1.29, 1.82) is 0 Å². The van der Waals surface area contributed by atoms with Crippen LogP contribution in [0.3, 0.4) is 0 Å². The molecule has 0 atom stereocenters. The predicted molar refractivity (Wildman–Crippen MR) is 107 cm³/mol. The minimum atomic E-state index is 0.502. The zero-order valence-electron chi connectivity index (χ0n) is 14.2. The molecule has 4 nitrogen and oxygen atoms in total. The van der Waals surface area contributed by atoms with Gasteiger partial charge < -0.3 is 9.30 Å². The van der Waals surface area contributed by atoms with Crippen molar-refractivity contribution >= 4 is 22.7 Å². The van der Waals surface area contributed by atoms with Crippen molar-refractivity contribution in [3.05, 3.63) is 77.1 Å². The number of benzene rings is 1. The molecule has 3 heterocycles. The number of nitrogens with zero attached hydrogens (tertiary/aromatic N) is 3. The first-order chi connectivity index (χ1) is 12.9. The van der Waals surface area contributed by atoms with Crippen LogP contribution in [0.15, 0.2) is 65.9 Å². The minimum absolute atomic E-state index is 0.502. The standard InChI is InChI=1S/C20H19N3OS2/c1(10-23-11-9-21-15-23)3-16-5-7-18(8-6-16)24-13-17-14-26-20(22-17)19-4-2-12-25-19/h2,4-9,11-12,14-15H,1,3,10,13H2. The van der Waals surface area contributed by atoms with E-state index in [0.717, 1.165) is 35.8 Å². The molecule has 3 aromatic heterocycles. The van der Waals surface area contributed by atoms with E-state index < -0.39 is 0 Å². The molecule has 0 saturated carbocycles. The van der Waals surface area contributed by atoms with Crippen LogP contribution in [-0.2, 0) is 19.6 Å². The Balaban J connectivity index is 1.26. The number of thiophene rings is 1. The van der Waals surface area contributed by atoms with E-state index in [1.807, 2.05) is 30.9 Å². The molecule has 26 heavy (non-hydrogen) atoms. The quantitative estimate of drug-likeness (QED) is 0.417. The van der Waals surface area contributed by atoms with Crippen LogP contribution < -0.4 is 4.74 Å². The summed E-state index contributed by atoms with van der Waals surface area (Å²) in [5.74, 6) is 0.883. The SMILES string of the molecule is c1csc(-c2nc(COc3ccc(CCCn4ccnc4)cc3)cs2)c1. The van der Waals surface area contributed by atoms with E-state index in [-0.39, 0.29) is 0 Å². The Morgan fingerprint density at radius 2 is 2.00 bits per heavy atom. The van der Waals surface area contributed by atoms with Crippen molar-refractivity contribution in [2.75, 3.05) is 0 Å². The molecule has 1 aromatic carbocycles. The largest absolute Gasteiger partial charge is 0.487 e. The van der Waals surface area contributed by atoms with E-state index in [9.17, 15) is 0 Å². The lowest BCUT2D eigenvalue weighted by molar-refractivity contribution is 0.302. The van der Waals surface area contributed by atoms with E-state index in [4.69, 9.17) is 4.74 Å². The number of rotatable bonds is 8. The molecule has 0 N–H and O–H groups in total. The van der Waals surface area contributed by atoms with Crippen LogP contribution in [0, 0.1) is 0 Å². The molecule has 132 valence electrons. The van der Waals surface area contributed by atoms with Gasteiger partial charge in [-0.05, 0) is 42.0 Å². The van der Waals surface area contributed by atoms with Gasteiger partial charge in [-0.25, -0.2) is 9.97 Å². The number of aryl methyl sites for hydroxylation is 2. The first kappa shape index (κ1) is 17.0. The molecule has 0 aliphatic heterocycles. The summed E-state index contributed by atoms with van der Waals surface area (Å²) in [6.07, 6.45) is 7.83. The topological polar surface area (TPSA) is 39.9 Å². The number of imidazole rings is 1. The molecular formula is C20H19N3OS2. The van der Waals surface area contributed by atoms with Crippen molar-refractivity contribution in [1.82, 2.24) is 14.5 Å². The summed E-state index contributed by atoms with van der Waals surface area (Å²) < 4.78 is 7.98. The van der Waals surface area contributed by atoms with E-state index in [1.54, 1.807) is 22.7 Å². The van der Waals surface area contributed by atoms with Crippen LogP contribution >= 0.6 is 22.7 Å². The Kier molecular flexibility index (Phi) is 5.42. The lowest BCUT2D eigenvalue weighted by atomic mass is 10.1. The second kappa shape index (κ2) is 8.29. The Morgan fingerprint density at radius 1 is 1.08 bits per heavy atom. The van der Waals surface area contributed by atoms with Gasteiger partial charge in [-0.3, -0.25) is 0 Å². The van der Waals surface area contributed by atoms with Gasteiger partial charge in [-0.15, -0.1) is 22.7 Å². The Morgan fingerprint density at radius 3 is 2.77 bits per heavy atom. The third-order valence-corrected chi connectivity index (χ3v) is 5.96. The normalized spacial score (nSPS) is 10.9.